The summed E-state index contributed by atoms with van der Waals surface area (Å²) in [7, 11) is 0. The number of nitro benzene ring substituents is 1. The molecule has 0 bridgehead atoms. The molecule has 70 valence electrons. The lowest BCUT2D eigenvalue weighted by Crippen LogP contribution is -1.99. The van der Waals surface area contributed by atoms with Gasteiger partial charge in [0.05, 0.1) is 16.0 Å². The second kappa shape index (κ2) is 4.31. The minimum absolute atomic E-state index is 0.00884. The van der Waals surface area contributed by atoms with Crippen LogP contribution in [0.25, 0.3) is 0 Å². The van der Waals surface area contributed by atoms with Gasteiger partial charge in [0.2, 0.25) is 0 Å². The van der Waals surface area contributed by atoms with E-state index in [1.54, 1.807) is 12.1 Å². The van der Waals surface area contributed by atoms with Gasteiger partial charge in [0.15, 0.2) is 0 Å². The predicted octanol–water partition coefficient (Wildman–Crippen LogP) is 1.75. The minimum atomic E-state index is -0.468. The van der Waals surface area contributed by atoms with Crippen molar-refractivity contribution in [1.82, 2.24) is 0 Å². The Hall–Kier alpha value is -0.980. The standard InChI is InChI=1S/C7H7BrN2O3/c8-6-2-1-5(4-13-9)3-7(6)10(11)12/h1-3H,4,9H2. The first-order valence-electron chi connectivity index (χ1n) is 3.39. The first-order valence-corrected chi connectivity index (χ1v) is 4.19. The minimum Gasteiger partial charge on any atom is -0.300 e. The Morgan fingerprint density at radius 2 is 2.31 bits per heavy atom. The number of hydrogen-bond acceptors (Lipinski definition) is 4. The van der Waals surface area contributed by atoms with Crippen LogP contribution in [-0.2, 0) is 11.4 Å². The van der Waals surface area contributed by atoms with E-state index in [4.69, 9.17) is 5.90 Å². The van der Waals surface area contributed by atoms with Crippen LogP contribution in [0.1, 0.15) is 5.56 Å². The first kappa shape index (κ1) is 10.1. The van der Waals surface area contributed by atoms with E-state index in [1.807, 2.05) is 0 Å². The van der Waals surface area contributed by atoms with Crippen LogP contribution in [0.4, 0.5) is 5.69 Å². The molecule has 2 N–H and O–H groups in total. The summed E-state index contributed by atoms with van der Waals surface area (Å²) in [5, 5.41) is 10.5. The summed E-state index contributed by atoms with van der Waals surface area (Å²) in [6.07, 6.45) is 0. The van der Waals surface area contributed by atoms with Crippen molar-refractivity contribution >= 4 is 21.6 Å². The SMILES string of the molecule is NOCc1ccc(Br)c([N+](=O)[O-])c1. The van der Waals surface area contributed by atoms with E-state index < -0.39 is 4.92 Å². The van der Waals surface area contributed by atoms with E-state index in [-0.39, 0.29) is 12.3 Å². The smallest absolute Gasteiger partial charge is 0.283 e. The number of benzene rings is 1. The van der Waals surface area contributed by atoms with Crippen LogP contribution in [0, 0.1) is 10.1 Å². The topological polar surface area (TPSA) is 78.4 Å². The highest BCUT2D eigenvalue weighted by Gasteiger charge is 2.11. The molecule has 0 atom stereocenters. The average Bonchev–Trinajstić information content (AvgIpc) is 2.08. The Labute approximate surface area is 82.7 Å². The molecule has 0 aromatic heterocycles. The number of halogens is 1. The van der Waals surface area contributed by atoms with Crippen LogP contribution in [-0.4, -0.2) is 4.92 Å². The van der Waals surface area contributed by atoms with Crippen LogP contribution in [0.15, 0.2) is 22.7 Å². The van der Waals surface area contributed by atoms with Gasteiger partial charge in [-0.15, -0.1) is 0 Å². The van der Waals surface area contributed by atoms with Gasteiger partial charge in [-0.2, -0.15) is 0 Å². The Bertz CT molecular complexity index is 330. The monoisotopic (exact) mass is 246 g/mol. The van der Waals surface area contributed by atoms with Crippen molar-refractivity contribution in [3.8, 4) is 0 Å². The van der Waals surface area contributed by atoms with Gasteiger partial charge in [-0.3, -0.25) is 15.0 Å². The van der Waals surface area contributed by atoms with Crippen LogP contribution in [0.3, 0.4) is 0 Å². The van der Waals surface area contributed by atoms with E-state index in [9.17, 15) is 10.1 Å². The second-order valence-corrected chi connectivity index (χ2v) is 3.21. The van der Waals surface area contributed by atoms with Gasteiger partial charge < -0.3 is 0 Å². The molecule has 0 unspecified atom stereocenters. The van der Waals surface area contributed by atoms with Gasteiger partial charge in [0.1, 0.15) is 0 Å². The number of nitro groups is 1. The highest BCUT2D eigenvalue weighted by Crippen LogP contribution is 2.25. The lowest BCUT2D eigenvalue weighted by atomic mass is 10.2. The highest BCUT2D eigenvalue weighted by molar-refractivity contribution is 9.10. The predicted molar refractivity (Wildman–Crippen MR) is 49.8 cm³/mol. The fourth-order valence-corrected chi connectivity index (χ4v) is 1.28. The summed E-state index contributed by atoms with van der Waals surface area (Å²) >= 11 is 3.07. The first-order chi connectivity index (χ1) is 6.15. The Morgan fingerprint density at radius 1 is 1.62 bits per heavy atom. The fraction of sp³-hybridized carbons (Fsp3) is 0.143. The number of rotatable bonds is 3. The zero-order chi connectivity index (χ0) is 9.84. The van der Waals surface area contributed by atoms with Crippen molar-refractivity contribution in [3.63, 3.8) is 0 Å². The molecule has 0 aliphatic heterocycles. The molecule has 0 spiro atoms. The molecule has 0 saturated heterocycles. The van der Waals surface area contributed by atoms with Crippen LogP contribution in [0.5, 0.6) is 0 Å². The molecule has 6 heteroatoms. The Morgan fingerprint density at radius 3 is 2.85 bits per heavy atom. The van der Waals surface area contributed by atoms with Crippen molar-refractivity contribution in [1.29, 1.82) is 0 Å². The summed E-state index contributed by atoms with van der Waals surface area (Å²) in [6.45, 7) is 0.161. The van der Waals surface area contributed by atoms with Crippen molar-refractivity contribution in [3.05, 3.63) is 38.3 Å². The van der Waals surface area contributed by atoms with E-state index >= 15 is 0 Å². The third kappa shape index (κ3) is 2.48. The lowest BCUT2D eigenvalue weighted by molar-refractivity contribution is -0.385. The number of hydrogen-bond donors (Lipinski definition) is 1. The van der Waals surface area contributed by atoms with Gasteiger partial charge >= 0.3 is 0 Å². The molecule has 0 heterocycles. The molecular formula is C7H7BrN2O3. The largest absolute Gasteiger partial charge is 0.300 e. The van der Waals surface area contributed by atoms with E-state index in [2.05, 4.69) is 20.8 Å². The molecule has 0 amide bonds. The summed E-state index contributed by atoms with van der Waals surface area (Å²) in [6, 6.07) is 4.70. The number of nitrogens with zero attached hydrogens (tertiary/aromatic N) is 1. The summed E-state index contributed by atoms with van der Waals surface area (Å²) in [4.78, 5) is 14.4. The maximum atomic E-state index is 10.5. The second-order valence-electron chi connectivity index (χ2n) is 2.35. The van der Waals surface area contributed by atoms with Crippen molar-refractivity contribution in [2.24, 2.45) is 5.90 Å². The Kier molecular flexibility index (Phi) is 3.35. The van der Waals surface area contributed by atoms with Gasteiger partial charge in [0.25, 0.3) is 5.69 Å². The highest BCUT2D eigenvalue weighted by atomic mass is 79.9. The zero-order valence-corrected chi connectivity index (χ0v) is 8.15. The van der Waals surface area contributed by atoms with E-state index in [0.717, 1.165) is 0 Å². The van der Waals surface area contributed by atoms with E-state index in [1.165, 1.54) is 6.07 Å². The normalized spacial score (nSPS) is 10.0. The lowest BCUT2D eigenvalue weighted by Gasteiger charge is -1.99. The van der Waals surface area contributed by atoms with Crippen LogP contribution in [0.2, 0.25) is 0 Å². The molecule has 0 saturated carbocycles. The molecule has 1 rings (SSSR count). The van der Waals surface area contributed by atoms with Gasteiger partial charge in [-0.1, -0.05) is 6.07 Å². The van der Waals surface area contributed by atoms with Gasteiger partial charge in [0, 0.05) is 6.07 Å². The third-order valence-corrected chi connectivity index (χ3v) is 2.13. The molecule has 0 fully saturated rings. The van der Waals surface area contributed by atoms with E-state index in [0.29, 0.717) is 10.0 Å². The third-order valence-electron chi connectivity index (χ3n) is 1.46. The van der Waals surface area contributed by atoms with Gasteiger partial charge in [-0.25, -0.2) is 5.90 Å². The average molecular weight is 247 g/mol. The summed E-state index contributed by atoms with van der Waals surface area (Å²) < 4.78 is 0.443. The molecule has 1 aromatic carbocycles. The fourth-order valence-electron chi connectivity index (χ4n) is 0.884. The number of nitrogens with two attached hydrogens (primary N) is 1. The molecule has 1 aromatic rings. The maximum absolute atomic E-state index is 10.5. The quantitative estimate of drug-likeness (QED) is 0.651. The molecule has 13 heavy (non-hydrogen) atoms. The van der Waals surface area contributed by atoms with Gasteiger partial charge in [-0.05, 0) is 27.6 Å². The van der Waals surface area contributed by atoms with Crippen molar-refractivity contribution < 1.29 is 9.76 Å². The molecule has 0 aliphatic carbocycles. The molecule has 5 nitrogen and oxygen atoms in total. The maximum Gasteiger partial charge on any atom is 0.283 e. The Balaban J connectivity index is 3.04. The summed E-state index contributed by atoms with van der Waals surface area (Å²) in [5.41, 5.74) is 0.673. The van der Waals surface area contributed by atoms with Crippen molar-refractivity contribution in [2.45, 2.75) is 6.61 Å². The van der Waals surface area contributed by atoms with Crippen molar-refractivity contribution in [2.75, 3.05) is 0 Å². The van der Waals surface area contributed by atoms with Crippen LogP contribution < -0.4 is 5.90 Å². The molecule has 0 aliphatic rings. The molecular weight excluding hydrogens is 240 g/mol. The summed E-state index contributed by atoms with van der Waals surface area (Å²) in [5.74, 6) is 4.84. The molecule has 0 radical (unpaired) electrons. The zero-order valence-electron chi connectivity index (χ0n) is 6.57. The van der Waals surface area contributed by atoms with Crippen LogP contribution >= 0.6 is 15.9 Å².